The summed E-state index contributed by atoms with van der Waals surface area (Å²) >= 11 is 0. The van der Waals surface area contributed by atoms with Gasteiger partial charge >= 0.3 is 0 Å². The highest BCUT2D eigenvalue weighted by Crippen LogP contribution is 2.28. The van der Waals surface area contributed by atoms with E-state index in [1.54, 1.807) is 6.20 Å². The molecule has 0 fully saturated rings. The van der Waals surface area contributed by atoms with E-state index in [2.05, 4.69) is 25.8 Å². The normalized spacial score (nSPS) is 11.8. The van der Waals surface area contributed by atoms with Gasteiger partial charge in [0.1, 0.15) is 5.76 Å². The van der Waals surface area contributed by atoms with Gasteiger partial charge in [-0.1, -0.05) is 20.8 Å². The maximum Gasteiger partial charge on any atom is 0.226 e. The van der Waals surface area contributed by atoms with E-state index >= 15 is 0 Å². The average molecular weight is 230 g/mol. The molecule has 1 aromatic heterocycles. The molecule has 1 aromatic carbocycles. The fourth-order valence-corrected chi connectivity index (χ4v) is 1.56. The van der Waals surface area contributed by atoms with Gasteiger partial charge in [-0.3, -0.25) is 0 Å². The minimum absolute atomic E-state index is 0.0197. The number of nitrogens with two attached hydrogens (primary N) is 1. The number of nitrogens with zero attached hydrogens (tertiary/aromatic N) is 1. The minimum Gasteiger partial charge on any atom is -0.441 e. The van der Waals surface area contributed by atoms with Crippen LogP contribution in [-0.4, -0.2) is 4.98 Å². The summed E-state index contributed by atoms with van der Waals surface area (Å²) in [6, 6.07) is 5.81. The number of hydrogen-bond donors (Lipinski definition) is 1. The lowest BCUT2D eigenvalue weighted by Gasteiger charge is -2.13. The molecule has 0 unspecified atom stereocenters. The number of oxazole rings is 1. The summed E-state index contributed by atoms with van der Waals surface area (Å²) in [4.78, 5) is 4.32. The van der Waals surface area contributed by atoms with Crippen molar-refractivity contribution >= 4 is 5.69 Å². The molecule has 3 heteroatoms. The number of benzene rings is 1. The Kier molecular flexibility index (Phi) is 2.69. The second kappa shape index (κ2) is 3.91. The van der Waals surface area contributed by atoms with Gasteiger partial charge < -0.3 is 10.2 Å². The lowest BCUT2D eigenvalue weighted by atomic mass is 9.94. The van der Waals surface area contributed by atoms with Crippen LogP contribution in [0.1, 0.15) is 32.1 Å². The average Bonchev–Trinajstić information content (AvgIpc) is 2.70. The first-order valence-electron chi connectivity index (χ1n) is 5.71. The molecule has 0 aliphatic heterocycles. The van der Waals surface area contributed by atoms with E-state index in [9.17, 15) is 0 Å². The van der Waals surface area contributed by atoms with Crippen LogP contribution >= 0.6 is 0 Å². The molecule has 0 bridgehead atoms. The Labute approximate surface area is 102 Å². The maximum atomic E-state index is 5.79. The van der Waals surface area contributed by atoms with Crippen LogP contribution in [0, 0.1) is 6.92 Å². The molecule has 2 N–H and O–H groups in total. The van der Waals surface area contributed by atoms with Gasteiger partial charge in [0, 0.05) is 16.7 Å². The summed E-state index contributed by atoms with van der Waals surface area (Å²) in [7, 11) is 0. The Balaban J connectivity index is 2.40. The number of rotatable bonds is 1. The van der Waals surface area contributed by atoms with Crippen LogP contribution < -0.4 is 5.73 Å². The number of hydrogen-bond acceptors (Lipinski definition) is 3. The first-order chi connectivity index (χ1) is 7.88. The summed E-state index contributed by atoms with van der Waals surface area (Å²) in [6.07, 6.45) is 1.79. The molecule has 0 aliphatic carbocycles. The van der Waals surface area contributed by atoms with E-state index in [-0.39, 0.29) is 5.41 Å². The lowest BCUT2D eigenvalue weighted by Crippen LogP contribution is -2.09. The van der Waals surface area contributed by atoms with Crippen LogP contribution in [0.4, 0.5) is 5.69 Å². The van der Waals surface area contributed by atoms with Crippen LogP contribution in [0.3, 0.4) is 0 Å². The first-order valence-corrected chi connectivity index (χ1v) is 5.71. The van der Waals surface area contributed by atoms with Crippen molar-refractivity contribution in [1.82, 2.24) is 4.98 Å². The van der Waals surface area contributed by atoms with Crippen molar-refractivity contribution in [3.05, 3.63) is 35.7 Å². The van der Waals surface area contributed by atoms with Gasteiger partial charge in [-0.05, 0) is 30.7 Å². The highest BCUT2D eigenvalue weighted by atomic mass is 16.4. The third-order valence-corrected chi connectivity index (χ3v) is 2.76. The smallest absolute Gasteiger partial charge is 0.226 e. The highest BCUT2D eigenvalue weighted by molar-refractivity contribution is 5.61. The number of aryl methyl sites for hydroxylation is 1. The van der Waals surface area contributed by atoms with E-state index in [1.807, 2.05) is 25.1 Å². The maximum absolute atomic E-state index is 5.79. The molecular formula is C14H18N2O. The van der Waals surface area contributed by atoms with Gasteiger partial charge in [0.05, 0.1) is 6.20 Å². The van der Waals surface area contributed by atoms with Crippen molar-refractivity contribution in [2.24, 2.45) is 0 Å². The van der Waals surface area contributed by atoms with Crippen LogP contribution in [0.15, 0.2) is 28.8 Å². The zero-order valence-electron chi connectivity index (χ0n) is 10.7. The molecule has 0 atom stereocenters. The molecule has 0 amide bonds. The molecule has 1 heterocycles. The SMILES string of the molecule is Cc1cc(-c2ncc(C(C)(C)C)o2)ccc1N. The quantitative estimate of drug-likeness (QED) is 0.762. The molecule has 90 valence electrons. The topological polar surface area (TPSA) is 52.0 Å². The fraction of sp³-hybridized carbons (Fsp3) is 0.357. The molecule has 2 rings (SSSR count). The zero-order valence-corrected chi connectivity index (χ0v) is 10.7. The molecule has 0 radical (unpaired) electrons. The van der Waals surface area contributed by atoms with Crippen LogP contribution in [-0.2, 0) is 5.41 Å². The summed E-state index contributed by atoms with van der Waals surface area (Å²) in [5.41, 5.74) is 8.56. The molecule has 17 heavy (non-hydrogen) atoms. The van der Waals surface area contributed by atoms with Gasteiger partial charge in [0.2, 0.25) is 5.89 Å². The van der Waals surface area contributed by atoms with Gasteiger partial charge in [0.25, 0.3) is 0 Å². The van der Waals surface area contributed by atoms with Gasteiger partial charge in [-0.15, -0.1) is 0 Å². The predicted octanol–water partition coefficient (Wildman–Crippen LogP) is 3.53. The van der Waals surface area contributed by atoms with E-state index in [0.29, 0.717) is 5.89 Å². The molecule has 0 saturated heterocycles. The number of anilines is 1. The Hall–Kier alpha value is -1.77. The van der Waals surface area contributed by atoms with Crippen LogP contribution in [0.5, 0.6) is 0 Å². The number of aromatic nitrogens is 1. The minimum atomic E-state index is -0.0197. The third kappa shape index (κ3) is 2.33. The van der Waals surface area contributed by atoms with Crippen molar-refractivity contribution in [1.29, 1.82) is 0 Å². The monoisotopic (exact) mass is 230 g/mol. The van der Waals surface area contributed by atoms with E-state index in [0.717, 1.165) is 22.6 Å². The van der Waals surface area contributed by atoms with Crippen LogP contribution in [0.2, 0.25) is 0 Å². The Bertz CT molecular complexity index is 535. The lowest BCUT2D eigenvalue weighted by molar-refractivity contribution is 0.416. The molecule has 2 aromatic rings. The third-order valence-electron chi connectivity index (χ3n) is 2.76. The van der Waals surface area contributed by atoms with E-state index in [4.69, 9.17) is 10.2 Å². The standard InChI is InChI=1S/C14H18N2O/c1-9-7-10(5-6-11(9)15)13-16-8-12(17-13)14(2,3)4/h5-8H,15H2,1-4H3. The van der Waals surface area contributed by atoms with Crippen LogP contribution in [0.25, 0.3) is 11.5 Å². The van der Waals surface area contributed by atoms with E-state index < -0.39 is 0 Å². The largest absolute Gasteiger partial charge is 0.441 e. The highest BCUT2D eigenvalue weighted by Gasteiger charge is 2.19. The fourth-order valence-electron chi connectivity index (χ4n) is 1.56. The van der Waals surface area contributed by atoms with Crippen molar-refractivity contribution < 1.29 is 4.42 Å². The zero-order chi connectivity index (χ0) is 12.6. The summed E-state index contributed by atoms with van der Waals surface area (Å²) in [5.74, 6) is 1.54. The van der Waals surface area contributed by atoms with Gasteiger partial charge in [-0.25, -0.2) is 4.98 Å². The van der Waals surface area contributed by atoms with Crippen molar-refractivity contribution in [2.75, 3.05) is 5.73 Å². The van der Waals surface area contributed by atoms with E-state index in [1.165, 1.54) is 0 Å². The summed E-state index contributed by atoms with van der Waals surface area (Å²) in [6.45, 7) is 8.29. The van der Waals surface area contributed by atoms with Crippen molar-refractivity contribution in [3.8, 4) is 11.5 Å². The predicted molar refractivity (Wildman–Crippen MR) is 69.8 cm³/mol. The van der Waals surface area contributed by atoms with Gasteiger partial charge in [-0.2, -0.15) is 0 Å². The van der Waals surface area contributed by atoms with Crippen molar-refractivity contribution in [2.45, 2.75) is 33.1 Å². The Morgan fingerprint density at radius 3 is 2.47 bits per heavy atom. The summed E-state index contributed by atoms with van der Waals surface area (Å²) in [5, 5.41) is 0. The van der Waals surface area contributed by atoms with Gasteiger partial charge in [0.15, 0.2) is 0 Å². The van der Waals surface area contributed by atoms with Crippen molar-refractivity contribution in [3.63, 3.8) is 0 Å². The molecule has 0 saturated carbocycles. The summed E-state index contributed by atoms with van der Waals surface area (Å²) < 4.78 is 5.78. The second-order valence-corrected chi connectivity index (χ2v) is 5.35. The molecule has 0 spiro atoms. The molecular weight excluding hydrogens is 212 g/mol. The second-order valence-electron chi connectivity index (χ2n) is 5.35. The Morgan fingerprint density at radius 1 is 1.24 bits per heavy atom. The molecule has 3 nitrogen and oxygen atoms in total. The number of nitrogen functional groups attached to an aromatic ring is 1. The Morgan fingerprint density at radius 2 is 1.94 bits per heavy atom. The first kappa shape index (κ1) is 11.7. The molecule has 0 aliphatic rings.